The average molecular weight is 266 g/mol. The smallest absolute Gasteiger partial charge is 0.230 e. The van der Waals surface area contributed by atoms with E-state index in [1.165, 1.54) is 38.5 Å². The molecule has 0 spiro atoms. The van der Waals surface area contributed by atoms with Gasteiger partial charge in [-0.05, 0) is 38.6 Å². The van der Waals surface area contributed by atoms with E-state index in [2.05, 4.69) is 17.1 Å². The molecule has 1 saturated carbocycles. The lowest BCUT2D eigenvalue weighted by molar-refractivity contribution is -0.144. The monoisotopic (exact) mass is 266 g/mol. The third-order valence-corrected chi connectivity index (χ3v) is 5.30. The summed E-state index contributed by atoms with van der Waals surface area (Å²) in [6.07, 6.45) is 10.8. The van der Waals surface area contributed by atoms with Gasteiger partial charge in [0.15, 0.2) is 0 Å². The number of amides is 1. The van der Waals surface area contributed by atoms with E-state index in [1.807, 2.05) is 7.05 Å². The lowest BCUT2D eigenvalue weighted by Gasteiger charge is -2.41. The van der Waals surface area contributed by atoms with E-state index in [0.717, 1.165) is 32.4 Å². The number of piperidine rings is 1. The number of carbonyl (C=O) groups excluding carboxylic acids is 1. The van der Waals surface area contributed by atoms with Crippen LogP contribution in [-0.4, -0.2) is 37.0 Å². The molecule has 0 aromatic carbocycles. The second-order valence-corrected chi connectivity index (χ2v) is 6.48. The number of hydrogen-bond acceptors (Lipinski definition) is 2. The van der Waals surface area contributed by atoms with Crippen LogP contribution in [0.3, 0.4) is 0 Å². The minimum atomic E-state index is -0.126. The van der Waals surface area contributed by atoms with Gasteiger partial charge in [0.1, 0.15) is 0 Å². The van der Waals surface area contributed by atoms with E-state index in [9.17, 15) is 4.79 Å². The van der Waals surface area contributed by atoms with Crippen LogP contribution in [0.15, 0.2) is 0 Å². The van der Waals surface area contributed by atoms with Crippen LogP contribution in [0.4, 0.5) is 0 Å². The topological polar surface area (TPSA) is 32.3 Å². The van der Waals surface area contributed by atoms with Crippen molar-refractivity contribution in [2.24, 2.45) is 5.41 Å². The maximum atomic E-state index is 12.9. The molecule has 3 heteroatoms. The van der Waals surface area contributed by atoms with Gasteiger partial charge in [0.25, 0.3) is 0 Å². The van der Waals surface area contributed by atoms with Crippen molar-refractivity contribution >= 4 is 5.91 Å². The molecule has 2 rings (SSSR count). The second kappa shape index (κ2) is 6.74. The van der Waals surface area contributed by atoms with Gasteiger partial charge in [-0.1, -0.05) is 32.6 Å². The minimum absolute atomic E-state index is 0.126. The van der Waals surface area contributed by atoms with Gasteiger partial charge < -0.3 is 10.2 Å². The van der Waals surface area contributed by atoms with Crippen molar-refractivity contribution in [1.82, 2.24) is 10.2 Å². The number of nitrogens with one attached hydrogen (secondary N) is 1. The third-order valence-electron chi connectivity index (χ3n) is 5.30. The first-order chi connectivity index (χ1) is 9.19. The summed E-state index contributed by atoms with van der Waals surface area (Å²) < 4.78 is 0. The Labute approximate surface area is 118 Å². The van der Waals surface area contributed by atoms with Crippen molar-refractivity contribution in [2.45, 2.75) is 70.8 Å². The van der Waals surface area contributed by atoms with Crippen molar-refractivity contribution in [3.05, 3.63) is 0 Å². The largest absolute Gasteiger partial charge is 0.342 e. The van der Waals surface area contributed by atoms with Crippen molar-refractivity contribution < 1.29 is 4.79 Å². The molecule has 2 aliphatic rings. The molecular weight excluding hydrogens is 236 g/mol. The maximum Gasteiger partial charge on any atom is 0.230 e. The molecule has 1 aliphatic heterocycles. The van der Waals surface area contributed by atoms with Gasteiger partial charge in [-0.25, -0.2) is 0 Å². The Bertz CT molecular complexity index is 289. The molecular formula is C16H30N2O. The van der Waals surface area contributed by atoms with Crippen LogP contribution >= 0.6 is 0 Å². The summed E-state index contributed by atoms with van der Waals surface area (Å²) in [6, 6.07) is 0.486. The van der Waals surface area contributed by atoms with Crippen LogP contribution in [0.25, 0.3) is 0 Å². The van der Waals surface area contributed by atoms with E-state index >= 15 is 0 Å². The summed E-state index contributed by atoms with van der Waals surface area (Å²) in [5.41, 5.74) is -0.126. The quantitative estimate of drug-likeness (QED) is 0.797. The number of rotatable bonds is 3. The number of hydrogen-bond donors (Lipinski definition) is 1. The molecule has 0 aromatic rings. The third kappa shape index (κ3) is 3.31. The fraction of sp³-hybridized carbons (Fsp3) is 0.938. The van der Waals surface area contributed by atoms with Crippen LogP contribution in [0.2, 0.25) is 0 Å². The Hall–Kier alpha value is -0.570. The second-order valence-electron chi connectivity index (χ2n) is 6.48. The summed E-state index contributed by atoms with van der Waals surface area (Å²) in [5, 5.41) is 3.43. The van der Waals surface area contributed by atoms with Crippen LogP contribution in [0, 0.1) is 5.41 Å². The van der Waals surface area contributed by atoms with E-state index in [1.54, 1.807) is 0 Å². The summed E-state index contributed by atoms with van der Waals surface area (Å²) in [7, 11) is 2.05. The summed E-state index contributed by atoms with van der Waals surface area (Å²) >= 11 is 0. The highest BCUT2D eigenvalue weighted by Gasteiger charge is 2.41. The van der Waals surface area contributed by atoms with E-state index in [0.29, 0.717) is 11.9 Å². The molecule has 0 radical (unpaired) electrons. The van der Waals surface area contributed by atoms with E-state index < -0.39 is 0 Å². The normalized spacial score (nSPS) is 29.8. The molecule has 0 bridgehead atoms. The summed E-state index contributed by atoms with van der Waals surface area (Å²) in [4.78, 5) is 15.0. The Morgan fingerprint density at radius 1 is 1.21 bits per heavy atom. The zero-order chi connectivity index (χ0) is 13.7. The molecule has 1 heterocycles. The van der Waals surface area contributed by atoms with Crippen LogP contribution in [0.5, 0.6) is 0 Å². The first-order valence-corrected chi connectivity index (χ1v) is 8.17. The predicted octanol–water partition coefficient (Wildman–Crippen LogP) is 2.95. The highest BCUT2D eigenvalue weighted by molar-refractivity contribution is 5.83. The summed E-state index contributed by atoms with van der Waals surface area (Å²) in [5.74, 6) is 0.397. The van der Waals surface area contributed by atoms with Crippen LogP contribution < -0.4 is 5.32 Å². The lowest BCUT2D eigenvalue weighted by Crippen LogP contribution is -2.53. The van der Waals surface area contributed by atoms with Gasteiger partial charge in [0.2, 0.25) is 5.91 Å². The average Bonchev–Trinajstić information content (AvgIpc) is 2.75. The molecule has 0 aromatic heterocycles. The van der Waals surface area contributed by atoms with Gasteiger partial charge in [0, 0.05) is 19.6 Å². The zero-order valence-electron chi connectivity index (χ0n) is 12.7. The van der Waals surface area contributed by atoms with Crippen molar-refractivity contribution in [3.63, 3.8) is 0 Å². The molecule has 3 nitrogen and oxygen atoms in total. The van der Waals surface area contributed by atoms with Crippen LogP contribution in [-0.2, 0) is 4.79 Å². The van der Waals surface area contributed by atoms with Gasteiger partial charge in [-0.3, -0.25) is 4.79 Å². The molecule has 1 N–H and O–H groups in total. The standard InChI is InChI=1S/C16H30N2O/c1-3-16(11-8-12-17-13-16)15(19)18(2)14-9-6-4-5-7-10-14/h14,17H,3-13H2,1-2H3. The Balaban J connectivity index is 2.03. The van der Waals surface area contributed by atoms with E-state index in [4.69, 9.17) is 0 Å². The van der Waals surface area contributed by atoms with Gasteiger partial charge in [-0.2, -0.15) is 0 Å². The SMILES string of the molecule is CCC1(C(=O)N(C)C2CCCCCC2)CCCNC1. The van der Waals surface area contributed by atoms with Crippen molar-refractivity contribution in [1.29, 1.82) is 0 Å². The fourth-order valence-electron chi connectivity index (χ4n) is 3.79. The Morgan fingerprint density at radius 2 is 1.89 bits per heavy atom. The molecule has 2 fully saturated rings. The number of nitrogens with zero attached hydrogens (tertiary/aromatic N) is 1. The first kappa shape index (κ1) is 14.8. The maximum absolute atomic E-state index is 12.9. The zero-order valence-corrected chi connectivity index (χ0v) is 12.7. The molecule has 1 atom stereocenters. The van der Waals surface area contributed by atoms with Gasteiger partial charge in [0.05, 0.1) is 5.41 Å². The molecule has 19 heavy (non-hydrogen) atoms. The molecule has 1 aliphatic carbocycles. The lowest BCUT2D eigenvalue weighted by atomic mass is 9.76. The molecule has 1 amide bonds. The van der Waals surface area contributed by atoms with Crippen LogP contribution in [0.1, 0.15) is 64.7 Å². The predicted molar refractivity (Wildman–Crippen MR) is 79.1 cm³/mol. The van der Waals surface area contributed by atoms with E-state index in [-0.39, 0.29) is 5.41 Å². The molecule has 110 valence electrons. The Morgan fingerprint density at radius 3 is 2.42 bits per heavy atom. The number of carbonyl (C=O) groups is 1. The first-order valence-electron chi connectivity index (χ1n) is 8.17. The highest BCUT2D eigenvalue weighted by atomic mass is 16.2. The molecule has 1 unspecified atom stereocenters. The summed E-state index contributed by atoms with van der Waals surface area (Å²) in [6.45, 7) is 4.12. The highest BCUT2D eigenvalue weighted by Crippen LogP contribution is 2.34. The minimum Gasteiger partial charge on any atom is -0.342 e. The van der Waals surface area contributed by atoms with Gasteiger partial charge >= 0.3 is 0 Å². The Kier molecular flexibility index (Phi) is 5.26. The fourth-order valence-corrected chi connectivity index (χ4v) is 3.79. The van der Waals surface area contributed by atoms with Gasteiger partial charge in [-0.15, -0.1) is 0 Å². The molecule has 1 saturated heterocycles. The van der Waals surface area contributed by atoms with Crippen molar-refractivity contribution in [2.75, 3.05) is 20.1 Å². The van der Waals surface area contributed by atoms with Crippen molar-refractivity contribution in [3.8, 4) is 0 Å².